The minimum absolute atomic E-state index is 0.117. The summed E-state index contributed by atoms with van der Waals surface area (Å²) in [7, 11) is 0. The van der Waals surface area contributed by atoms with Gasteiger partial charge in [-0.05, 0) is 73.1 Å². The molecule has 1 nitrogen and oxygen atoms in total. The van der Waals surface area contributed by atoms with Gasteiger partial charge in [-0.1, -0.05) is 51.3 Å². The highest BCUT2D eigenvalue weighted by Crippen LogP contribution is 2.41. The summed E-state index contributed by atoms with van der Waals surface area (Å²) in [5, 5.41) is 0. The van der Waals surface area contributed by atoms with Crippen LogP contribution in [0.3, 0.4) is 0 Å². The Morgan fingerprint density at radius 1 is 0.765 bits per heavy atom. The van der Waals surface area contributed by atoms with Crippen LogP contribution in [0.25, 0.3) is 0 Å². The molecule has 0 amide bonds. The zero-order valence-corrected chi connectivity index (χ0v) is 19.7. The second kappa shape index (κ2) is 11.6. The van der Waals surface area contributed by atoms with E-state index in [9.17, 15) is 26.3 Å². The lowest BCUT2D eigenvalue weighted by atomic mass is 9.77. The first-order valence-electron chi connectivity index (χ1n) is 12.1. The van der Waals surface area contributed by atoms with Crippen LogP contribution in [0.1, 0.15) is 87.0 Å². The fraction of sp³-hybridized carbons (Fsp3) is 0.556. The number of benzene rings is 2. The number of hydrogen-bond donors (Lipinski definition) is 0. The van der Waals surface area contributed by atoms with Crippen LogP contribution in [-0.4, -0.2) is 6.61 Å². The molecule has 2 aromatic carbocycles. The van der Waals surface area contributed by atoms with Gasteiger partial charge in [0.1, 0.15) is 0 Å². The van der Waals surface area contributed by atoms with E-state index in [4.69, 9.17) is 0 Å². The second-order valence-corrected chi connectivity index (χ2v) is 9.21. The quantitative estimate of drug-likeness (QED) is 0.306. The standard InChI is InChI=1S/C27H32F6O/c1-3-5-17-7-9-18(10-8-17)21-13-14-22(26(31)25(21)30)27(32,33)34-16-15-20-12-11-19(6-4-2)23(28)24(20)29/h11-14,17-18H,3-10,15-16H2,1-2H3/t17-,18-. The molecule has 0 atom stereocenters. The van der Waals surface area contributed by atoms with Gasteiger partial charge in [0.15, 0.2) is 23.3 Å². The van der Waals surface area contributed by atoms with Crippen LogP contribution < -0.4 is 0 Å². The first-order valence-corrected chi connectivity index (χ1v) is 12.1. The fourth-order valence-electron chi connectivity index (χ4n) is 4.93. The van der Waals surface area contributed by atoms with Crippen LogP contribution in [0.2, 0.25) is 0 Å². The summed E-state index contributed by atoms with van der Waals surface area (Å²) >= 11 is 0. The Balaban J connectivity index is 1.66. The third-order valence-corrected chi connectivity index (χ3v) is 6.83. The largest absolute Gasteiger partial charge is 0.386 e. The molecule has 188 valence electrons. The zero-order chi connectivity index (χ0) is 24.9. The summed E-state index contributed by atoms with van der Waals surface area (Å²) in [6.45, 7) is 3.24. The Morgan fingerprint density at radius 2 is 1.38 bits per heavy atom. The van der Waals surface area contributed by atoms with Crippen molar-refractivity contribution in [3.05, 3.63) is 69.8 Å². The lowest BCUT2D eigenvalue weighted by molar-refractivity contribution is -0.250. The molecule has 0 aliphatic heterocycles. The van der Waals surface area contributed by atoms with Gasteiger partial charge >= 0.3 is 6.11 Å². The van der Waals surface area contributed by atoms with Crippen molar-refractivity contribution >= 4 is 0 Å². The van der Waals surface area contributed by atoms with Crippen LogP contribution in [-0.2, 0) is 23.7 Å². The van der Waals surface area contributed by atoms with Gasteiger partial charge in [0.2, 0.25) is 0 Å². The van der Waals surface area contributed by atoms with E-state index in [0.29, 0.717) is 31.6 Å². The lowest BCUT2D eigenvalue weighted by Gasteiger charge is -2.29. The monoisotopic (exact) mass is 486 g/mol. The highest BCUT2D eigenvalue weighted by Gasteiger charge is 2.38. The first-order chi connectivity index (χ1) is 16.2. The summed E-state index contributed by atoms with van der Waals surface area (Å²) in [6.07, 6.45) is 1.95. The molecule has 7 heteroatoms. The number of aryl methyl sites for hydroxylation is 1. The Hall–Kier alpha value is -2.02. The van der Waals surface area contributed by atoms with E-state index in [2.05, 4.69) is 11.7 Å². The minimum atomic E-state index is -4.11. The number of halogens is 6. The molecule has 3 rings (SSSR count). The van der Waals surface area contributed by atoms with E-state index in [-0.39, 0.29) is 29.0 Å². The van der Waals surface area contributed by atoms with Crippen molar-refractivity contribution < 1.29 is 31.1 Å². The number of rotatable bonds is 10. The predicted octanol–water partition coefficient (Wildman–Crippen LogP) is 8.58. The lowest BCUT2D eigenvalue weighted by Crippen LogP contribution is -2.23. The normalized spacial score (nSPS) is 18.9. The molecule has 0 unspecified atom stereocenters. The third kappa shape index (κ3) is 5.96. The maximum Gasteiger partial charge on any atom is 0.386 e. The van der Waals surface area contributed by atoms with E-state index in [1.165, 1.54) is 18.2 Å². The maximum absolute atomic E-state index is 14.8. The highest BCUT2D eigenvalue weighted by molar-refractivity contribution is 5.31. The minimum Gasteiger partial charge on any atom is -0.316 e. The average molecular weight is 487 g/mol. The van der Waals surface area contributed by atoms with Crippen molar-refractivity contribution in [2.75, 3.05) is 6.61 Å². The Bertz CT molecular complexity index is 966. The van der Waals surface area contributed by atoms with Gasteiger partial charge in [-0.15, -0.1) is 0 Å². The molecule has 0 bridgehead atoms. The second-order valence-electron chi connectivity index (χ2n) is 9.21. The smallest absolute Gasteiger partial charge is 0.316 e. The average Bonchev–Trinajstić information content (AvgIpc) is 2.81. The van der Waals surface area contributed by atoms with Crippen molar-refractivity contribution in [3.63, 3.8) is 0 Å². The van der Waals surface area contributed by atoms with Gasteiger partial charge in [0, 0.05) is 0 Å². The number of alkyl halides is 2. The van der Waals surface area contributed by atoms with Crippen LogP contribution in [0.5, 0.6) is 0 Å². The SMILES string of the molecule is CCCc1ccc(CCOC(F)(F)c2ccc([C@H]3CC[C@H](CCC)CC3)c(F)c2F)c(F)c1F. The summed E-state index contributed by atoms with van der Waals surface area (Å²) in [5.41, 5.74) is -0.976. The molecular weight excluding hydrogens is 454 g/mol. The molecule has 2 aromatic rings. The summed E-state index contributed by atoms with van der Waals surface area (Å²) in [5.74, 6) is -4.61. The molecule has 0 N–H and O–H groups in total. The number of ether oxygens (including phenoxy) is 1. The van der Waals surface area contributed by atoms with Gasteiger partial charge in [0.05, 0.1) is 12.2 Å². The third-order valence-electron chi connectivity index (χ3n) is 6.83. The molecule has 0 spiro atoms. The van der Waals surface area contributed by atoms with E-state index < -0.39 is 41.5 Å². The Labute approximate surface area is 197 Å². The number of hydrogen-bond acceptors (Lipinski definition) is 1. The van der Waals surface area contributed by atoms with Crippen molar-refractivity contribution in [2.45, 2.75) is 83.7 Å². The zero-order valence-electron chi connectivity index (χ0n) is 19.7. The van der Waals surface area contributed by atoms with Crippen LogP contribution in [0, 0.1) is 29.2 Å². The van der Waals surface area contributed by atoms with E-state index in [1.54, 1.807) is 0 Å². The van der Waals surface area contributed by atoms with Gasteiger partial charge in [-0.3, -0.25) is 0 Å². The molecule has 1 saturated carbocycles. The van der Waals surface area contributed by atoms with Crippen molar-refractivity contribution in [3.8, 4) is 0 Å². The van der Waals surface area contributed by atoms with E-state index >= 15 is 0 Å². The van der Waals surface area contributed by atoms with Gasteiger partial charge in [-0.25, -0.2) is 17.6 Å². The van der Waals surface area contributed by atoms with Crippen LogP contribution >= 0.6 is 0 Å². The molecule has 0 radical (unpaired) electrons. The summed E-state index contributed by atoms with van der Waals surface area (Å²) < 4.78 is 91.3. The Morgan fingerprint density at radius 3 is 1.97 bits per heavy atom. The van der Waals surface area contributed by atoms with Crippen molar-refractivity contribution in [1.82, 2.24) is 0 Å². The summed E-state index contributed by atoms with van der Waals surface area (Å²) in [4.78, 5) is 0. The van der Waals surface area contributed by atoms with Crippen molar-refractivity contribution in [1.29, 1.82) is 0 Å². The van der Waals surface area contributed by atoms with Crippen molar-refractivity contribution in [2.24, 2.45) is 5.92 Å². The molecule has 1 fully saturated rings. The topological polar surface area (TPSA) is 9.23 Å². The molecule has 0 aromatic heterocycles. The van der Waals surface area contributed by atoms with Gasteiger partial charge in [0.25, 0.3) is 0 Å². The van der Waals surface area contributed by atoms with Gasteiger partial charge in [-0.2, -0.15) is 8.78 Å². The molecular formula is C27H32F6O. The van der Waals surface area contributed by atoms with E-state index in [1.807, 2.05) is 6.92 Å². The molecule has 34 heavy (non-hydrogen) atoms. The predicted molar refractivity (Wildman–Crippen MR) is 120 cm³/mol. The Kier molecular flexibility index (Phi) is 9.07. The molecule has 1 aliphatic rings. The van der Waals surface area contributed by atoms with E-state index in [0.717, 1.165) is 31.7 Å². The fourth-order valence-corrected chi connectivity index (χ4v) is 4.93. The first kappa shape index (κ1) is 26.6. The summed E-state index contributed by atoms with van der Waals surface area (Å²) in [6, 6.07) is 4.83. The molecule has 0 saturated heterocycles. The van der Waals surface area contributed by atoms with Crippen LogP contribution in [0.15, 0.2) is 24.3 Å². The maximum atomic E-state index is 14.8. The van der Waals surface area contributed by atoms with Gasteiger partial charge < -0.3 is 4.74 Å². The van der Waals surface area contributed by atoms with Crippen LogP contribution in [0.4, 0.5) is 26.3 Å². The molecule has 1 aliphatic carbocycles. The molecule has 0 heterocycles. The highest BCUT2D eigenvalue weighted by atomic mass is 19.3.